The van der Waals surface area contributed by atoms with Crippen molar-refractivity contribution in [2.75, 3.05) is 6.61 Å². The molecule has 1 aliphatic rings. The molecule has 0 radical (unpaired) electrons. The van der Waals surface area contributed by atoms with Gasteiger partial charge in [0.05, 0.1) is 6.10 Å². The summed E-state index contributed by atoms with van der Waals surface area (Å²) in [5.41, 5.74) is 1.10. The SMILES string of the molecule is CC(NCc1ccc(F)cc1)C1CCCO1. The summed E-state index contributed by atoms with van der Waals surface area (Å²) in [5, 5.41) is 3.41. The number of hydrogen-bond acceptors (Lipinski definition) is 2. The van der Waals surface area contributed by atoms with Crippen molar-refractivity contribution in [1.29, 1.82) is 0 Å². The zero-order valence-electron chi connectivity index (χ0n) is 9.58. The van der Waals surface area contributed by atoms with Gasteiger partial charge in [-0.25, -0.2) is 4.39 Å². The number of halogens is 1. The molecular weight excluding hydrogens is 205 g/mol. The fraction of sp³-hybridized carbons (Fsp3) is 0.538. The molecule has 1 saturated heterocycles. The van der Waals surface area contributed by atoms with Gasteiger partial charge in [-0.15, -0.1) is 0 Å². The van der Waals surface area contributed by atoms with Crippen molar-refractivity contribution in [2.45, 2.75) is 38.5 Å². The van der Waals surface area contributed by atoms with Crippen LogP contribution in [0, 0.1) is 5.82 Å². The summed E-state index contributed by atoms with van der Waals surface area (Å²) in [6.45, 7) is 3.79. The van der Waals surface area contributed by atoms with Gasteiger partial charge in [-0.3, -0.25) is 0 Å². The first-order valence-electron chi connectivity index (χ1n) is 5.85. The highest BCUT2D eigenvalue weighted by molar-refractivity contribution is 5.15. The Kier molecular flexibility index (Phi) is 3.91. The van der Waals surface area contributed by atoms with Gasteiger partial charge >= 0.3 is 0 Å². The smallest absolute Gasteiger partial charge is 0.123 e. The first kappa shape index (κ1) is 11.6. The van der Waals surface area contributed by atoms with E-state index in [4.69, 9.17) is 4.74 Å². The quantitative estimate of drug-likeness (QED) is 0.846. The fourth-order valence-corrected chi connectivity index (χ4v) is 2.01. The molecule has 88 valence electrons. The van der Waals surface area contributed by atoms with E-state index >= 15 is 0 Å². The minimum atomic E-state index is -0.184. The van der Waals surface area contributed by atoms with Gasteiger partial charge in [0.2, 0.25) is 0 Å². The first-order valence-corrected chi connectivity index (χ1v) is 5.85. The Morgan fingerprint density at radius 2 is 2.19 bits per heavy atom. The Balaban J connectivity index is 1.80. The molecular formula is C13H18FNO. The van der Waals surface area contributed by atoms with E-state index in [0.717, 1.165) is 31.6 Å². The summed E-state index contributed by atoms with van der Waals surface area (Å²) in [4.78, 5) is 0. The van der Waals surface area contributed by atoms with E-state index < -0.39 is 0 Å². The zero-order chi connectivity index (χ0) is 11.4. The molecule has 1 N–H and O–H groups in total. The van der Waals surface area contributed by atoms with Gasteiger partial charge < -0.3 is 10.1 Å². The monoisotopic (exact) mass is 223 g/mol. The highest BCUT2D eigenvalue weighted by Crippen LogP contribution is 2.15. The molecule has 2 nitrogen and oxygen atoms in total. The van der Waals surface area contributed by atoms with Crippen molar-refractivity contribution in [3.05, 3.63) is 35.6 Å². The lowest BCUT2D eigenvalue weighted by atomic mass is 10.1. The lowest BCUT2D eigenvalue weighted by Gasteiger charge is -2.20. The topological polar surface area (TPSA) is 21.3 Å². The molecule has 3 heteroatoms. The average molecular weight is 223 g/mol. The van der Waals surface area contributed by atoms with Gasteiger partial charge in [0.1, 0.15) is 5.82 Å². The number of rotatable bonds is 4. The highest BCUT2D eigenvalue weighted by Gasteiger charge is 2.21. The zero-order valence-corrected chi connectivity index (χ0v) is 9.58. The highest BCUT2D eigenvalue weighted by atomic mass is 19.1. The summed E-state index contributed by atoms with van der Waals surface area (Å²) >= 11 is 0. The van der Waals surface area contributed by atoms with Crippen LogP contribution in [0.15, 0.2) is 24.3 Å². The second-order valence-electron chi connectivity index (χ2n) is 4.35. The Hall–Kier alpha value is -0.930. The molecule has 2 atom stereocenters. The van der Waals surface area contributed by atoms with Crippen LogP contribution >= 0.6 is 0 Å². The largest absolute Gasteiger partial charge is 0.377 e. The van der Waals surface area contributed by atoms with Gasteiger partial charge in [0.25, 0.3) is 0 Å². The molecule has 1 aliphatic heterocycles. The molecule has 0 amide bonds. The standard InChI is InChI=1S/C13H18FNO/c1-10(13-3-2-8-16-13)15-9-11-4-6-12(14)7-5-11/h4-7,10,13,15H,2-3,8-9H2,1H3. The van der Waals surface area contributed by atoms with E-state index in [-0.39, 0.29) is 5.82 Å². The Bertz CT molecular complexity index is 319. The van der Waals surface area contributed by atoms with Gasteiger partial charge in [0.15, 0.2) is 0 Å². The average Bonchev–Trinajstić information content (AvgIpc) is 2.81. The minimum Gasteiger partial charge on any atom is -0.377 e. The van der Waals surface area contributed by atoms with Gasteiger partial charge in [-0.1, -0.05) is 12.1 Å². The van der Waals surface area contributed by atoms with Crippen LogP contribution in [0.25, 0.3) is 0 Å². The summed E-state index contributed by atoms with van der Waals surface area (Å²) in [5.74, 6) is -0.184. The third-order valence-electron chi connectivity index (χ3n) is 3.06. The molecule has 1 aromatic carbocycles. The second-order valence-corrected chi connectivity index (χ2v) is 4.35. The second kappa shape index (κ2) is 5.41. The van der Waals surface area contributed by atoms with E-state index in [9.17, 15) is 4.39 Å². The van der Waals surface area contributed by atoms with Crippen LogP contribution in [0.5, 0.6) is 0 Å². The molecule has 2 rings (SSSR count). The number of nitrogens with one attached hydrogen (secondary N) is 1. The molecule has 1 aromatic rings. The van der Waals surface area contributed by atoms with E-state index in [0.29, 0.717) is 12.1 Å². The molecule has 0 bridgehead atoms. The van der Waals surface area contributed by atoms with E-state index in [1.165, 1.54) is 12.1 Å². The van der Waals surface area contributed by atoms with Crippen LogP contribution in [0.1, 0.15) is 25.3 Å². The maximum absolute atomic E-state index is 12.7. The van der Waals surface area contributed by atoms with Crippen molar-refractivity contribution in [3.8, 4) is 0 Å². The van der Waals surface area contributed by atoms with Gasteiger partial charge in [0, 0.05) is 19.2 Å². The summed E-state index contributed by atoms with van der Waals surface area (Å²) in [6.07, 6.45) is 2.63. The van der Waals surface area contributed by atoms with Crippen molar-refractivity contribution in [3.63, 3.8) is 0 Å². The molecule has 0 spiro atoms. The fourth-order valence-electron chi connectivity index (χ4n) is 2.01. The van der Waals surface area contributed by atoms with Crippen LogP contribution < -0.4 is 5.32 Å². The van der Waals surface area contributed by atoms with Crippen LogP contribution in [-0.4, -0.2) is 18.8 Å². The molecule has 0 aromatic heterocycles. The lowest BCUT2D eigenvalue weighted by Crippen LogP contribution is -2.36. The third-order valence-corrected chi connectivity index (χ3v) is 3.06. The van der Waals surface area contributed by atoms with Crippen LogP contribution in [0.2, 0.25) is 0 Å². The number of hydrogen-bond donors (Lipinski definition) is 1. The minimum absolute atomic E-state index is 0.184. The van der Waals surface area contributed by atoms with Crippen LogP contribution in [-0.2, 0) is 11.3 Å². The van der Waals surface area contributed by atoms with E-state index in [2.05, 4.69) is 12.2 Å². The summed E-state index contributed by atoms with van der Waals surface area (Å²) in [6, 6.07) is 6.96. The van der Waals surface area contributed by atoms with Crippen molar-refractivity contribution >= 4 is 0 Å². The molecule has 16 heavy (non-hydrogen) atoms. The lowest BCUT2D eigenvalue weighted by molar-refractivity contribution is 0.0832. The molecule has 0 aliphatic carbocycles. The first-order chi connectivity index (χ1) is 7.75. The van der Waals surface area contributed by atoms with E-state index in [1.807, 2.05) is 12.1 Å². The van der Waals surface area contributed by atoms with Crippen molar-refractivity contribution in [2.24, 2.45) is 0 Å². The van der Waals surface area contributed by atoms with Crippen molar-refractivity contribution in [1.82, 2.24) is 5.32 Å². The van der Waals surface area contributed by atoms with E-state index in [1.54, 1.807) is 0 Å². The maximum atomic E-state index is 12.7. The van der Waals surface area contributed by atoms with Gasteiger partial charge in [-0.2, -0.15) is 0 Å². The predicted molar refractivity (Wildman–Crippen MR) is 61.7 cm³/mol. The Labute approximate surface area is 95.8 Å². The Morgan fingerprint density at radius 1 is 1.44 bits per heavy atom. The Morgan fingerprint density at radius 3 is 2.81 bits per heavy atom. The maximum Gasteiger partial charge on any atom is 0.123 e. The third kappa shape index (κ3) is 3.03. The molecule has 0 saturated carbocycles. The van der Waals surface area contributed by atoms with Crippen molar-refractivity contribution < 1.29 is 9.13 Å². The van der Waals surface area contributed by atoms with Gasteiger partial charge in [-0.05, 0) is 37.5 Å². The number of benzene rings is 1. The summed E-state index contributed by atoms with van der Waals surface area (Å²) in [7, 11) is 0. The molecule has 2 unspecified atom stereocenters. The van der Waals surface area contributed by atoms with Crippen LogP contribution in [0.4, 0.5) is 4.39 Å². The normalized spacial score (nSPS) is 22.2. The summed E-state index contributed by atoms with van der Waals surface area (Å²) < 4.78 is 18.3. The van der Waals surface area contributed by atoms with Crippen LogP contribution in [0.3, 0.4) is 0 Å². The molecule has 1 heterocycles. The number of ether oxygens (including phenoxy) is 1. The molecule has 1 fully saturated rings. The predicted octanol–water partition coefficient (Wildman–Crippen LogP) is 2.48.